The molecule has 0 aliphatic carbocycles. The smallest absolute Gasteiger partial charge is 0.218 e. The highest BCUT2D eigenvalue weighted by Crippen LogP contribution is 2.32. The Morgan fingerprint density at radius 3 is 2.52 bits per heavy atom. The Bertz CT molecular complexity index is 727. The Morgan fingerprint density at radius 1 is 1.05 bits per heavy atom. The van der Waals surface area contributed by atoms with Crippen molar-refractivity contribution in [1.29, 1.82) is 0 Å². The molecule has 106 valence electrons. The van der Waals surface area contributed by atoms with Gasteiger partial charge >= 0.3 is 0 Å². The fourth-order valence-corrected chi connectivity index (χ4v) is 3.00. The van der Waals surface area contributed by atoms with Gasteiger partial charge in [0.05, 0.1) is 11.8 Å². The number of rotatable bonds is 4. The number of aromatic nitrogens is 4. The van der Waals surface area contributed by atoms with Crippen LogP contribution in [0.5, 0.6) is 0 Å². The highest BCUT2D eigenvalue weighted by atomic mass is 32.2. The molecule has 1 N–H and O–H groups in total. The Balaban J connectivity index is 1.96. The number of hydrogen-bond acceptors (Lipinski definition) is 5. The molecule has 0 saturated heterocycles. The number of hydrogen-bond donors (Lipinski definition) is 1. The van der Waals surface area contributed by atoms with Crippen molar-refractivity contribution in [3.63, 3.8) is 0 Å². The zero-order valence-corrected chi connectivity index (χ0v) is 12.2. The first kappa shape index (κ1) is 13.8. The van der Waals surface area contributed by atoms with Crippen molar-refractivity contribution in [3.8, 4) is 5.69 Å². The van der Waals surface area contributed by atoms with E-state index in [0.29, 0.717) is 5.16 Å². The molecule has 21 heavy (non-hydrogen) atoms. The van der Waals surface area contributed by atoms with Gasteiger partial charge in [-0.15, -0.1) is 5.10 Å². The van der Waals surface area contributed by atoms with Crippen LogP contribution < -0.4 is 0 Å². The van der Waals surface area contributed by atoms with Gasteiger partial charge < -0.3 is 5.11 Å². The van der Waals surface area contributed by atoms with Crippen LogP contribution in [-0.4, -0.2) is 25.3 Å². The van der Waals surface area contributed by atoms with Gasteiger partial charge in [-0.25, -0.2) is 0 Å². The van der Waals surface area contributed by atoms with E-state index in [1.807, 2.05) is 54.6 Å². The molecule has 1 heterocycles. The summed E-state index contributed by atoms with van der Waals surface area (Å²) in [4.78, 5) is 0.944. The average Bonchev–Trinajstić information content (AvgIpc) is 2.96. The summed E-state index contributed by atoms with van der Waals surface area (Å²) in [6, 6.07) is 17.4. The Morgan fingerprint density at radius 2 is 1.76 bits per heavy atom. The van der Waals surface area contributed by atoms with Gasteiger partial charge in [-0.1, -0.05) is 36.4 Å². The molecular formula is C15H14N4OS. The first-order valence-corrected chi connectivity index (χ1v) is 7.36. The normalized spacial score (nSPS) is 12.3. The average molecular weight is 298 g/mol. The molecule has 0 fully saturated rings. The Labute approximate surface area is 126 Å². The highest BCUT2D eigenvalue weighted by Gasteiger charge is 2.14. The fourth-order valence-electron chi connectivity index (χ4n) is 1.99. The Hall–Kier alpha value is -2.18. The molecule has 0 spiro atoms. The maximum absolute atomic E-state index is 9.85. The fraction of sp³-hybridized carbons (Fsp3) is 0.133. The molecule has 0 saturated carbocycles. The summed E-state index contributed by atoms with van der Waals surface area (Å²) < 4.78 is 1.68. The second kappa shape index (κ2) is 6.07. The van der Waals surface area contributed by atoms with Crippen LogP contribution in [0.25, 0.3) is 5.69 Å². The van der Waals surface area contributed by atoms with E-state index in [2.05, 4.69) is 15.5 Å². The molecule has 3 rings (SSSR count). The van der Waals surface area contributed by atoms with Gasteiger partial charge in [-0.2, -0.15) is 4.68 Å². The summed E-state index contributed by atoms with van der Waals surface area (Å²) >= 11 is 1.44. The van der Waals surface area contributed by atoms with Crippen LogP contribution in [0.4, 0.5) is 0 Å². The number of aliphatic hydroxyl groups is 1. The van der Waals surface area contributed by atoms with E-state index >= 15 is 0 Å². The second-order valence-corrected chi connectivity index (χ2v) is 5.53. The minimum Gasteiger partial charge on any atom is -0.389 e. The number of nitrogens with zero attached hydrogens (tertiary/aromatic N) is 4. The predicted molar refractivity (Wildman–Crippen MR) is 80.4 cm³/mol. The zero-order valence-electron chi connectivity index (χ0n) is 11.4. The van der Waals surface area contributed by atoms with E-state index in [1.54, 1.807) is 11.6 Å². The number of aliphatic hydroxyl groups excluding tert-OH is 1. The van der Waals surface area contributed by atoms with Crippen molar-refractivity contribution >= 4 is 11.8 Å². The lowest BCUT2D eigenvalue weighted by Crippen LogP contribution is -1.99. The summed E-state index contributed by atoms with van der Waals surface area (Å²) in [7, 11) is 0. The number of para-hydroxylation sites is 1. The second-order valence-electron chi connectivity index (χ2n) is 4.52. The van der Waals surface area contributed by atoms with E-state index in [4.69, 9.17) is 0 Å². The monoisotopic (exact) mass is 298 g/mol. The first-order chi connectivity index (χ1) is 10.3. The molecule has 0 aliphatic heterocycles. The number of benzene rings is 2. The van der Waals surface area contributed by atoms with Crippen LogP contribution in [-0.2, 0) is 0 Å². The van der Waals surface area contributed by atoms with Gasteiger partial charge in [0.1, 0.15) is 0 Å². The largest absolute Gasteiger partial charge is 0.389 e. The Kier molecular flexibility index (Phi) is 3.98. The highest BCUT2D eigenvalue weighted by molar-refractivity contribution is 7.99. The predicted octanol–water partition coefficient (Wildman–Crippen LogP) is 2.87. The van der Waals surface area contributed by atoms with Crippen LogP contribution in [0.2, 0.25) is 0 Å². The molecule has 5 nitrogen and oxygen atoms in total. The van der Waals surface area contributed by atoms with Crippen molar-refractivity contribution in [2.45, 2.75) is 23.1 Å². The standard InChI is InChI=1S/C15H14N4OS/c1-11(20)13-9-5-6-10-14(13)21-15-16-17-18-19(15)12-7-3-2-4-8-12/h2-11,20H,1H3/t11-/m1/s1. The molecule has 0 bridgehead atoms. The van der Waals surface area contributed by atoms with Crippen LogP contribution in [0.15, 0.2) is 64.6 Å². The van der Waals surface area contributed by atoms with E-state index in [1.165, 1.54) is 11.8 Å². The molecule has 2 aromatic carbocycles. The van der Waals surface area contributed by atoms with E-state index in [9.17, 15) is 5.11 Å². The quantitative estimate of drug-likeness (QED) is 0.802. The van der Waals surface area contributed by atoms with Crippen LogP contribution in [0, 0.1) is 0 Å². The van der Waals surface area contributed by atoms with Gasteiger partial charge in [-0.05, 0) is 52.9 Å². The first-order valence-electron chi connectivity index (χ1n) is 6.54. The van der Waals surface area contributed by atoms with E-state index < -0.39 is 6.10 Å². The molecule has 0 unspecified atom stereocenters. The number of tetrazole rings is 1. The topological polar surface area (TPSA) is 63.8 Å². The third-order valence-corrected chi connectivity index (χ3v) is 4.04. The minimum absolute atomic E-state index is 0.533. The molecule has 1 aromatic heterocycles. The maximum Gasteiger partial charge on any atom is 0.218 e. The summed E-state index contributed by atoms with van der Waals surface area (Å²) in [5.74, 6) is 0. The van der Waals surface area contributed by atoms with E-state index in [0.717, 1.165) is 16.1 Å². The van der Waals surface area contributed by atoms with Gasteiger partial charge in [0.25, 0.3) is 0 Å². The lowest BCUT2D eigenvalue weighted by atomic mass is 10.1. The molecule has 0 radical (unpaired) electrons. The summed E-state index contributed by atoms with van der Waals surface area (Å²) in [6.45, 7) is 1.75. The molecule has 3 aromatic rings. The van der Waals surface area contributed by atoms with Crippen LogP contribution in [0.3, 0.4) is 0 Å². The third-order valence-electron chi connectivity index (χ3n) is 3.01. The van der Waals surface area contributed by atoms with Gasteiger partial charge in [0, 0.05) is 4.90 Å². The molecule has 1 atom stereocenters. The van der Waals surface area contributed by atoms with Crippen molar-refractivity contribution in [1.82, 2.24) is 20.2 Å². The molecule has 6 heteroatoms. The summed E-state index contributed by atoms with van der Waals surface area (Å²) in [5.41, 5.74) is 1.77. The van der Waals surface area contributed by atoms with Crippen molar-refractivity contribution in [3.05, 3.63) is 60.2 Å². The zero-order chi connectivity index (χ0) is 14.7. The maximum atomic E-state index is 9.85. The minimum atomic E-state index is -0.533. The SMILES string of the molecule is C[C@@H](O)c1ccccc1Sc1nnnn1-c1ccccc1. The van der Waals surface area contributed by atoms with Crippen LogP contribution in [0.1, 0.15) is 18.6 Å². The lowest BCUT2D eigenvalue weighted by Gasteiger charge is -2.10. The van der Waals surface area contributed by atoms with Gasteiger partial charge in [0.15, 0.2) is 0 Å². The van der Waals surface area contributed by atoms with Gasteiger partial charge in [-0.3, -0.25) is 0 Å². The van der Waals surface area contributed by atoms with Gasteiger partial charge in [0.2, 0.25) is 5.16 Å². The summed E-state index contributed by atoms with van der Waals surface area (Å²) in [5, 5.41) is 22.4. The lowest BCUT2D eigenvalue weighted by molar-refractivity contribution is 0.196. The third kappa shape index (κ3) is 2.96. The molecule has 0 aliphatic rings. The molecule has 0 amide bonds. The van der Waals surface area contributed by atoms with Crippen molar-refractivity contribution in [2.24, 2.45) is 0 Å². The molecular weight excluding hydrogens is 284 g/mol. The van der Waals surface area contributed by atoms with Crippen molar-refractivity contribution in [2.75, 3.05) is 0 Å². The van der Waals surface area contributed by atoms with Crippen LogP contribution >= 0.6 is 11.8 Å². The van der Waals surface area contributed by atoms with E-state index in [-0.39, 0.29) is 0 Å². The summed E-state index contributed by atoms with van der Waals surface area (Å²) in [6.07, 6.45) is -0.533. The van der Waals surface area contributed by atoms with Crippen molar-refractivity contribution < 1.29 is 5.11 Å².